The Labute approximate surface area is 439 Å². The number of nitrogens with zero attached hydrogens (tertiary/aromatic N) is 4. The van der Waals surface area contributed by atoms with E-state index in [4.69, 9.17) is 8.83 Å². The minimum Gasteiger partial charge on any atom is -0.872 e. The lowest BCUT2D eigenvalue weighted by Crippen LogP contribution is -2.50. The summed E-state index contributed by atoms with van der Waals surface area (Å²) in [6, 6.07) is 31.4. The Bertz CT molecular complexity index is 3500. The normalized spacial score (nSPS) is 13.0. The van der Waals surface area contributed by atoms with E-state index in [0.29, 0.717) is 43.2 Å². The van der Waals surface area contributed by atoms with Crippen LogP contribution in [0.25, 0.3) is 66.8 Å². The molecule has 0 saturated carbocycles. The van der Waals surface area contributed by atoms with Gasteiger partial charge in [0.25, 0.3) is 5.91 Å². The second kappa shape index (κ2) is 22.7. The predicted molar refractivity (Wildman–Crippen MR) is 292 cm³/mol. The molecule has 12 nitrogen and oxygen atoms in total. The Balaban J connectivity index is 0.802. The van der Waals surface area contributed by atoms with Crippen molar-refractivity contribution in [2.24, 2.45) is 0 Å². The molecule has 3 amide bonds. The van der Waals surface area contributed by atoms with Crippen LogP contribution < -0.4 is 30.7 Å². The molecular formula is C58H56F3N5O7S2. The molecule has 0 atom stereocenters. The highest BCUT2D eigenvalue weighted by atomic mass is 33.1. The van der Waals surface area contributed by atoms with Gasteiger partial charge >= 0.3 is 6.18 Å². The number of piperazine rings is 1. The summed E-state index contributed by atoms with van der Waals surface area (Å²) in [5, 5.41) is 16.9. The molecule has 1 N–H and O–H groups in total. The average molecular weight is 1060 g/mol. The first-order chi connectivity index (χ1) is 36.2. The molecular weight excluding hydrogens is 1000 g/mol. The number of fused-ring (bicyclic) bond motifs is 4. The fraction of sp³-hybridized carbons (Fsp3) is 0.293. The molecule has 1 saturated heterocycles. The third-order valence-corrected chi connectivity index (χ3v) is 16.1. The van der Waals surface area contributed by atoms with Gasteiger partial charge in [-0.15, -0.1) is 5.75 Å². The van der Waals surface area contributed by atoms with Crippen molar-refractivity contribution in [3.63, 3.8) is 0 Å². The number of hydrogen-bond acceptors (Lipinski definition) is 10. The second-order valence-electron chi connectivity index (χ2n) is 18.1. The summed E-state index contributed by atoms with van der Waals surface area (Å²) in [5.74, 6) is 0.559. The van der Waals surface area contributed by atoms with Crippen molar-refractivity contribution in [1.82, 2.24) is 14.4 Å². The van der Waals surface area contributed by atoms with Gasteiger partial charge in [-0.2, -0.15) is 13.2 Å². The Morgan fingerprint density at radius 3 is 1.99 bits per heavy atom. The van der Waals surface area contributed by atoms with Gasteiger partial charge in [0.05, 0.1) is 11.6 Å². The quantitative estimate of drug-likeness (QED) is 0.0430. The fourth-order valence-corrected chi connectivity index (χ4v) is 11.9. The van der Waals surface area contributed by atoms with Gasteiger partial charge in [-0.1, -0.05) is 58.0 Å². The third kappa shape index (κ3) is 11.2. The topological polar surface area (TPSA) is 142 Å². The number of carbonyl (C=O) groups is 3. The molecule has 0 bridgehead atoms. The number of carbonyl (C=O) groups excluding carboxylic acids is 3. The zero-order valence-corrected chi connectivity index (χ0v) is 43.7. The zero-order valence-electron chi connectivity index (χ0n) is 42.1. The molecule has 9 rings (SSSR count). The van der Waals surface area contributed by atoms with E-state index in [9.17, 15) is 37.5 Å². The van der Waals surface area contributed by atoms with Crippen LogP contribution >= 0.6 is 21.6 Å². The first-order valence-corrected chi connectivity index (χ1v) is 27.6. The molecule has 5 aliphatic rings. The summed E-state index contributed by atoms with van der Waals surface area (Å²) >= 11 is 0. The third-order valence-electron chi connectivity index (χ3n) is 13.7. The van der Waals surface area contributed by atoms with Crippen LogP contribution in [0.3, 0.4) is 0 Å². The van der Waals surface area contributed by atoms with Gasteiger partial charge in [-0.25, -0.2) is 4.58 Å². The smallest absolute Gasteiger partial charge is 0.417 e. The highest BCUT2D eigenvalue weighted by Crippen LogP contribution is 2.47. The fourth-order valence-electron chi connectivity index (χ4n) is 9.92. The lowest BCUT2D eigenvalue weighted by atomic mass is 9.90. The van der Waals surface area contributed by atoms with Crippen molar-refractivity contribution >= 4 is 72.6 Å². The maximum absolute atomic E-state index is 14.7. The lowest BCUT2D eigenvalue weighted by Gasteiger charge is -2.35. The standard InChI is InChI=1S/C58H56F3N5O7S2/c1-5-63(6-2)37-14-19-44-49(32-37)72-50-33-38(64(7-3)8-4)15-20-45(50)55(44)41-11-9-10-12-42(41)57(71)66-27-25-65(26-28-66)54(70)24-30-75-74-29-23-53(69)62-36-13-18-43(48(31-36)58(59,60)61)56-46-21-16-39(67)34-51(46)73-52-35-40(68)17-22-47(52)56/h9-22,31-35H,5-8,23-30H2,1-4H3,(H-,62,67,68,69). The molecule has 75 heavy (non-hydrogen) atoms. The second-order valence-corrected chi connectivity index (χ2v) is 20.8. The summed E-state index contributed by atoms with van der Waals surface area (Å²) in [4.78, 5) is 58.9. The molecule has 0 radical (unpaired) electrons. The predicted octanol–water partition coefficient (Wildman–Crippen LogP) is 10.9. The van der Waals surface area contributed by atoms with Gasteiger partial charge in [-0.05, 0) is 93.4 Å². The van der Waals surface area contributed by atoms with E-state index in [-0.39, 0.29) is 63.8 Å². The summed E-state index contributed by atoms with van der Waals surface area (Å²) in [7, 11) is 2.82. The number of halogens is 3. The van der Waals surface area contributed by atoms with E-state index >= 15 is 0 Å². The van der Waals surface area contributed by atoms with Crippen LogP contribution in [0.1, 0.15) is 56.5 Å². The molecule has 0 spiro atoms. The maximum atomic E-state index is 14.7. The van der Waals surface area contributed by atoms with Crippen molar-refractivity contribution in [2.75, 3.05) is 74.1 Å². The van der Waals surface area contributed by atoms with Crippen LogP contribution in [0.2, 0.25) is 0 Å². The van der Waals surface area contributed by atoms with Gasteiger partial charge < -0.3 is 34.0 Å². The van der Waals surface area contributed by atoms with Crippen molar-refractivity contribution in [1.29, 1.82) is 0 Å². The number of hydrogen-bond donors (Lipinski definition) is 1. The summed E-state index contributed by atoms with van der Waals surface area (Å²) in [5.41, 5.74) is 3.74. The molecule has 4 aromatic rings. The Kier molecular flexibility index (Phi) is 15.9. The molecule has 17 heteroatoms. The monoisotopic (exact) mass is 1060 g/mol. The molecule has 388 valence electrons. The number of anilines is 2. The average Bonchev–Trinajstić information content (AvgIpc) is 3.41. The Morgan fingerprint density at radius 2 is 1.29 bits per heavy atom. The van der Waals surface area contributed by atoms with Crippen LogP contribution in [0, 0.1) is 0 Å². The minimum atomic E-state index is -4.83. The number of rotatable bonds is 16. The van der Waals surface area contributed by atoms with Crippen LogP contribution in [0.5, 0.6) is 5.75 Å². The molecule has 3 aliphatic heterocycles. The Morgan fingerprint density at radius 1 is 0.680 bits per heavy atom. The summed E-state index contributed by atoms with van der Waals surface area (Å²) in [6.45, 7) is 13.4. The number of benzene rings is 6. The van der Waals surface area contributed by atoms with Crippen molar-refractivity contribution in [3.05, 3.63) is 142 Å². The highest BCUT2D eigenvalue weighted by molar-refractivity contribution is 8.76. The molecule has 1 fully saturated rings. The van der Waals surface area contributed by atoms with Crippen LogP contribution in [-0.4, -0.2) is 91.4 Å². The zero-order chi connectivity index (χ0) is 53.0. The lowest BCUT2D eigenvalue weighted by molar-refractivity contribution is -0.268. The van der Waals surface area contributed by atoms with Gasteiger partial charge in [0, 0.05) is 132 Å². The van der Waals surface area contributed by atoms with E-state index in [1.54, 1.807) is 4.90 Å². The molecule has 3 heterocycles. The van der Waals surface area contributed by atoms with Crippen LogP contribution in [0.15, 0.2) is 129 Å². The van der Waals surface area contributed by atoms with Crippen molar-refractivity contribution in [3.8, 4) is 50.7 Å². The number of nitrogens with one attached hydrogen (secondary N) is 1. The van der Waals surface area contributed by atoms with Crippen LogP contribution in [-0.2, 0) is 15.8 Å². The van der Waals surface area contributed by atoms with Gasteiger partial charge in [-0.3, -0.25) is 19.2 Å². The van der Waals surface area contributed by atoms with E-state index in [1.807, 2.05) is 29.2 Å². The largest absolute Gasteiger partial charge is 0.872 e. The SMILES string of the molecule is CCN(CC)c1ccc2c(-c3ccccc3C(=O)N3CCN(C(=O)CCSSCCC(=O)Nc4ccc(-c5c6ccc(=O)cc-6oc6cc([O-])ccc56)c(C(F)(F)F)c4)CC3)c3ccc(=[N+](CC)CC)cc-3oc2c1. The van der Waals surface area contributed by atoms with E-state index in [1.165, 1.54) is 58.0 Å². The van der Waals surface area contributed by atoms with Crippen molar-refractivity contribution in [2.45, 2.75) is 46.7 Å². The number of amides is 3. The molecule has 0 unspecified atom stereocenters. The van der Waals surface area contributed by atoms with E-state index in [0.717, 1.165) is 88.8 Å². The van der Waals surface area contributed by atoms with Crippen molar-refractivity contribution < 1.29 is 41.5 Å². The molecule has 2 aliphatic carbocycles. The minimum absolute atomic E-state index is 0.0135. The van der Waals surface area contributed by atoms with Crippen LogP contribution in [0.4, 0.5) is 24.5 Å². The first kappa shape index (κ1) is 52.6. The summed E-state index contributed by atoms with van der Waals surface area (Å²) in [6.07, 6.45) is -4.56. The van der Waals surface area contributed by atoms with Gasteiger partial charge in [0.15, 0.2) is 5.43 Å². The maximum Gasteiger partial charge on any atom is 0.417 e. The van der Waals surface area contributed by atoms with E-state index < -0.39 is 28.8 Å². The first-order valence-electron chi connectivity index (χ1n) is 25.1. The molecule has 4 aromatic carbocycles. The highest BCUT2D eigenvalue weighted by Gasteiger charge is 2.36. The van der Waals surface area contributed by atoms with Gasteiger partial charge in [0.1, 0.15) is 35.8 Å². The van der Waals surface area contributed by atoms with E-state index in [2.05, 4.69) is 78.9 Å². The Hall–Kier alpha value is -7.24. The summed E-state index contributed by atoms with van der Waals surface area (Å²) < 4.78 is 58.9. The van der Waals surface area contributed by atoms with Gasteiger partial charge in [0.2, 0.25) is 17.2 Å². The molecule has 0 aromatic heterocycles. The number of alkyl halides is 3.